The van der Waals surface area contributed by atoms with Crippen molar-refractivity contribution in [2.75, 3.05) is 6.54 Å². The van der Waals surface area contributed by atoms with E-state index in [4.69, 9.17) is 11.6 Å². The van der Waals surface area contributed by atoms with Gasteiger partial charge in [0.15, 0.2) is 0 Å². The lowest BCUT2D eigenvalue weighted by Gasteiger charge is -2.17. The van der Waals surface area contributed by atoms with Gasteiger partial charge in [-0.05, 0) is 48.4 Å². The minimum Gasteiger partial charge on any atom is -0.351 e. The van der Waals surface area contributed by atoms with E-state index < -0.39 is 0 Å². The van der Waals surface area contributed by atoms with Crippen LogP contribution in [0.3, 0.4) is 0 Å². The number of thioether (sulfide) groups is 1. The first-order chi connectivity index (χ1) is 16.1. The number of unbranched alkanes of at least 4 members (excludes halogenated alkanes) is 2. The number of carbonyl (C=O) groups excluding carboxylic acids is 2. The van der Waals surface area contributed by atoms with Gasteiger partial charge in [0.25, 0.3) is 11.8 Å². The van der Waals surface area contributed by atoms with Crippen LogP contribution in [-0.4, -0.2) is 18.4 Å². The fraction of sp³-hybridized carbons (Fsp3) is 0.185. The molecule has 3 rings (SSSR count). The molecular formula is C27H27ClN2O2S. The van der Waals surface area contributed by atoms with Gasteiger partial charge in [-0.1, -0.05) is 91.7 Å². The second kappa shape index (κ2) is 12.9. The molecule has 0 fully saturated rings. The van der Waals surface area contributed by atoms with Crippen LogP contribution in [0.1, 0.15) is 42.1 Å². The summed E-state index contributed by atoms with van der Waals surface area (Å²) in [6.45, 7) is 2.66. The highest BCUT2D eigenvalue weighted by Crippen LogP contribution is 2.36. The molecule has 0 radical (unpaired) electrons. The van der Waals surface area contributed by atoms with Crippen molar-refractivity contribution in [1.82, 2.24) is 10.6 Å². The first kappa shape index (κ1) is 24.6. The smallest absolute Gasteiger partial charge is 0.269 e. The topological polar surface area (TPSA) is 58.2 Å². The van der Waals surface area contributed by atoms with Gasteiger partial charge in [0.1, 0.15) is 5.70 Å². The van der Waals surface area contributed by atoms with E-state index in [1.165, 1.54) is 11.8 Å². The molecule has 2 amide bonds. The number of nitrogens with one attached hydrogen (secondary N) is 2. The number of rotatable bonds is 10. The van der Waals surface area contributed by atoms with Crippen LogP contribution in [0.15, 0.2) is 95.5 Å². The van der Waals surface area contributed by atoms with Crippen molar-refractivity contribution in [2.24, 2.45) is 0 Å². The summed E-state index contributed by atoms with van der Waals surface area (Å²) in [5.41, 5.74) is 1.55. The highest BCUT2D eigenvalue weighted by Gasteiger charge is 2.21. The number of hydrogen-bond acceptors (Lipinski definition) is 3. The van der Waals surface area contributed by atoms with Crippen molar-refractivity contribution in [2.45, 2.75) is 31.1 Å². The Hall–Kier alpha value is -3.02. The van der Waals surface area contributed by atoms with Gasteiger partial charge >= 0.3 is 0 Å². The summed E-state index contributed by atoms with van der Waals surface area (Å²) in [4.78, 5) is 27.9. The maximum Gasteiger partial charge on any atom is 0.269 e. The van der Waals surface area contributed by atoms with E-state index in [0.29, 0.717) is 22.0 Å². The minimum absolute atomic E-state index is 0.228. The normalized spacial score (nSPS) is 11.5. The Morgan fingerprint density at radius 3 is 2.03 bits per heavy atom. The summed E-state index contributed by atoms with van der Waals surface area (Å²) in [6, 6.07) is 25.9. The third kappa shape index (κ3) is 7.52. The Bertz CT molecular complexity index is 1080. The Morgan fingerprint density at radius 2 is 1.42 bits per heavy atom. The van der Waals surface area contributed by atoms with Crippen molar-refractivity contribution >= 4 is 40.1 Å². The van der Waals surface area contributed by atoms with Gasteiger partial charge < -0.3 is 10.6 Å². The highest BCUT2D eigenvalue weighted by molar-refractivity contribution is 8.08. The Balaban J connectivity index is 2.02. The fourth-order valence-electron chi connectivity index (χ4n) is 3.12. The Labute approximate surface area is 204 Å². The zero-order chi connectivity index (χ0) is 23.5. The van der Waals surface area contributed by atoms with Crippen LogP contribution in [-0.2, 0) is 4.79 Å². The van der Waals surface area contributed by atoms with Crippen molar-refractivity contribution in [1.29, 1.82) is 0 Å². The molecule has 0 aliphatic heterocycles. The van der Waals surface area contributed by atoms with E-state index in [2.05, 4.69) is 17.6 Å². The molecule has 0 unspecified atom stereocenters. The molecule has 0 aromatic heterocycles. The molecule has 0 bridgehead atoms. The lowest BCUT2D eigenvalue weighted by atomic mass is 10.1. The number of halogens is 1. The lowest BCUT2D eigenvalue weighted by Crippen LogP contribution is -2.36. The number of benzene rings is 3. The number of amides is 2. The summed E-state index contributed by atoms with van der Waals surface area (Å²) in [6.07, 6.45) is 2.97. The largest absolute Gasteiger partial charge is 0.351 e. The van der Waals surface area contributed by atoms with Crippen LogP contribution in [0, 0.1) is 0 Å². The van der Waals surface area contributed by atoms with Gasteiger partial charge in [-0.3, -0.25) is 9.59 Å². The number of carbonyl (C=O) groups is 2. The maximum atomic E-state index is 13.3. The van der Waals surface area contributed by atoms with Crippen LogP contribution in [0.4, 0.5) is 0 Å². The molecule has 0 aliphatic carbocycles. The van der Waals surface area contributed by atoms with Crippen molar-refractivity contribution < 1.29 is 9.59 Å². The quantitative estimate of drug-likeness (QED) is 0.197. The van der Waals surface area contributed by atoms with Gasteiger partial charge in [-0.15, -0.1) is 0 Å². The third-order valence-corrected chi connectivity index (χ3v) is 6.27. The van der Waals surface area contributed by atoms with Gasteiger partial charge in [0.05, 0.1) is 0 Å². The Kier molecular flexibility index (Phi) is 9.60. The zero-order valence-corrected chi connectivity index (χ0v) is 20.1. The molecular weight excluding hydrogens is 452 g/mol. The molecule has 0 spiro atoms. The van der Waals surface area contributed by atoms with E-state index in [9.17, 15) is 9.59 Å². The van der Waals surface area contributed by atoms with Gasteiger partial charge in [-0.25, -0.2) is 0 Å². The average Bonchev–Trinajstić information content (AvgIpc) is 2.86. The summed E-state index contributed by atoms with van der Waals surface area (Å²) >= 11 is 7.47. The van der Waals surface area contributed by atoms with Gasteiger partial charge in [-0.2, -0.15) is 0 Å². The monoisotopic (exact) mass is 478 g/mol. The molecule has 0 heterocycles. The molecule has 170 valence electrons. The molecule has 0 atom stereocenters. The second-order valence-corrected chi connectivity index (χ2v) is 8.93. The fourth-order valence-corrected chi connectivity index (χ4v) is 4.26. The second-order valence-electron chi connectivity index (χ2n) is 7.41. The highest BCUT2D eigenvalue weighted by atomic mass is 35.5. The first-order valence-corrected chi connectivity index (χ1v) is 12.2. The zero-order valence-electron chi connectivity index (χ0n) is 18.5. The van der Waals surface area contributed by atoms with Crippen LogP contribution < -0.4 is 10.6 Å². The van der Waals surface area contributed by atoms with E-state index >= 15 is 0 Å². The lowest BCUT2D eigenvalue weighted by molar-refractivity contribution is -0.117. The van der Waals surface area contributed by atoms with Crippen molar-refractivity contribution in [3.05, 3.63) is 107 Å². The molecule has 6 heteroatoms. The van der Waals surface area contributed by atoms with E-state index in [0.717, 1.165) is 29.7 Å². The summed E-state index contributed by atoms with van der Waals surface area (Å²) in [7, 11) is 0. The van der Waals surface area contributed by atoms with Crippen LogP contribution >= 0.6 is 23.4 Å². The maximum absolute atomic E-state index is 13.3. The van der Waals surface area contributed by atoms with E-state index in [1.807, 2.05) is 48.5 Å². The molecule has 0 saturated carbocycles. The first-order valence-electron chi connectivity index (χ1n) is 11.0. The predicted octanol–water partition coefficient (Wildman–Crippen LogP) is 6.54. The van der Waals surface area contributed by atoms with Crippen molar-refractivity contribution in [3.63, 3.8) is 0 Å². The van der Waals surface area contributed by atoms with Gasteiger partial charge in [0, 0.05) is 26.9 Å². The molecule has 3 aromatic rings. The molecule has 33 heavy (non-hydrogen) atoms. The van der Waals surface area contributed by atoms with E-state index in [-0.39, 0.29) is 17.5 Å². The van der Waals surface area contributed by atoms with Gasteiger partial charge in [0.2, 0.25) is 0 Å². The SMILES string of the molecule is CCCCCNC(=O)C(NC(=O)c1ccccc1)=C(Sc1ccc(Cl)cc1)c1ccccc1. The average molecular weight is 479 g/mol. The third-order valence-electron chi connectivity index (χ3n) is 4.86. The number of hydrogen-bond donors (Lipinski definition) is 2. The van der Waals surface area contributed by atoms with Crippen molar-refractivity contribution in [3.8, 4) is 0 Å². The molecule has 4 nitrogen and oxygen atoms in total. The van der Waals surface area contributed by atoms with Crippen LogP contribution in [0.25, 0.3) is 4.91 Å². The van der Waals surface area contributed by atoms with E-state index in [1.54, 1.807) is 36.4 Å². The molecule has 0 aliphatic rings. The predicted molar refractivity (Wildman–Crippen MR) is 137 cm³/mol. The minimum atomic E-state index is -0.334. The molecule has 0 saturated heterocycles. The summed E-state index contributed by atoms with van der Waals surface area (Å²) in [5, 5.41) is 6.49. The standard InChI is InChI=1S/C27H27ClN2O2S/c1-2-3-10-19-29-27(32)24(30-26(31)21-13-8-5-9-14-21)25(20-11-6-4-7-12-20)33-23-17-15-22(28)16-18-23/h4-9,11-18H,2-3,10,19H2,1H3,(H,29,32)(H,30,31). The molecule has 2 N–H and O–H groups in total. The summed E-state index contributed by atoms with van der Waals surface area (Å²) < 4.78 is 0. The summed E-state index contributed by atoms with van der Waals surface area (Å²) in [5.74, 6) is -0.643. The molecule has 3 aromatic carbocycles. The Morgan fingerprint density at radius 1 is 0.818 bits per heavy atom. The van der Waals surface area contributed by atoms with Crippen LogP contribution in [0.5, 0.6) is 0 Å². The van der Waals surface area contributed by atoms with Crippen LogP contribution in [0.2, 0.25) is 5.02 Å².